The molecule has 0 bridgehead atoms. The number of piperidine rings is 1. The van der Waals surface area contributed by atoms with Gasteiger partial charge in [-0.15, -0.1) is 0 Å². The fraction of sp³-hybridized carbons (Fsp3) is 0.333. The maximum atomic E-state index is 13.2. The van der Waals surface area contributed by atoms with Gasteiger partial charge in [-0.2, -0.15) is 0 Å². The Labute approximate surface area is 171 Å². The number of nitrogens with one attached hydrogen (secondary N) is 1. The zero-order chi connectivity index (χ0) is 21.7. The summed E-state index contributed by atoms with van der Waals surface area (Å²) in [5.74, 6) is -1.91. The maximum Gasteiger partial charge on any atom is 0.285 e. The molecule has 1 aliphatic rings. The van der Waals surface area contributed by atoms with Crippen LogP contribution in [-0.4, -0.2) is 47.7 Å². The lowest BCUT2D eigenvalue weighted by Gasteiger charge is -2.31. The van der Waals surface area contributed by atoms with E-state index in [-0.39, 0.29) is 29.6 Å². The fourth-order valence-electron chi connectivity index (χ4n) is 3.54. The monoisotopic (exact) mass is 417 g/mol. The molecule has 0 aromatic heterocycles. The summed E-state index contributed by atoms with van der Waals surface area (Å²) in [5.41, 5.74) is -0.263. The minimum Gasteiger partial charge on any atom is -0.351 e. The van der Waals surface area contributed by atoms with Gasteiger partial charge in [-0.1, -0.05) is 0 Å². The van der Waals surface area contributed by atoms with Crippen LogP contribution >= 0.6 is 0 Å². The molecule has 1 amide bonds. The molecule has 3 rings (SSSR count). The van der Waals surface area contributed by atoms with Crippen LogP contribution in [0.15, 0.2) is 42.5 Å². The second-order valence-electron chi connectivity index (χ2n) is 7.16. The topological polar surface area (TPSA) is 92.6 Å². The van der Waals surface area contributed by atoms with Crippen molar-refractivity contribution in [2.24, 2.45) is 5.92 Å². The van der Waals surface area contributed by atoms with Gasteiger partial charge in [0.25, 0.3) is 11.6 Å². The van der Waals surface area contributed by atoms with Crippen LogP contribution in [0.3, 0.4) is 0 Å². The quantitative estimate of drug-likeness (QED) is 0.424. The summed E-state index contributed by atoms with van der Waals surface area (Å²) in [6.07, 6.45) is 1.32. The molecule has 30 heavy (non-hydrogen) atoms. The average Bonchev–Trinajstić information content (AvgIpc) is 2.74. The lowest BCUT2D eigenvalue weighted by Crippen LogP contribution is -2.41. The van der Waals surface area contributed by atoms with Crippen molar-refractivity contribution in [2.45, 2.75) is 12.8 Å². The van der Waals surface area contributed by atoms with E-state index in [1.807, 2.05) is 0 Å². The van der Waals surface area contributed by atoms with E-state index in [0.29, 0.717) is 38.0 Å². The number of likely N-dealkylation sites (tertiary alicyclic amines) is 1. The van der Waals surface area contributed by atoms with E-state index in [4.69, 9.17) is 0 Å². The molecule has 0 spiro atoms. The molecule has 0 radical (unpaired) electrons. The molecule has 2 aromatic carbocycles. The molecule has 7 nitrogen and oxygen atoms in total. The highest BCUT2D eigenvalue weighted by atomic mass is 19.1. The third-order valence-electron chi connectivity index (χ3n) is 5.20. The smallest absolute Gasteiger partial charge is 0.285 e. The molecular weight excluding hydrogens is 396 g/mol. The van der Waals surface area contributed by atoms with Crippen LogP contribution in [-0.2, 0) is 0 Å². The van der Waals surface area contributed by atoms with Crippen molar-refractivity contribution < 1.29 is 23.3 Å². The van der Waals surface area contributed by atoms with Crippen LogP contribution in [0, 0.1) is 27.7 Å². The summed E-state index contributed by atoms with van der Waals surface area (Å²) in [6, 6.07) is 8.35. The first-order chi connectivity index (χ1) is 14.3. The van der Waals surface area contributed by atoms with Gasteiger partial charge in [0, 0.05) is 24.6 Å². The van der Waals surface area contributed by atoms with Crippen LogP contribution in [0.1, 0.15) is 33.6 Å². The van der Waals surface area contributed by atoms with Crippen molar-refractivity contribution in [2.75, 3.05) is 26.2 Å². The van der Waals surface area contributed by atoms with E-state index in [2.05, 4.69) is 10.2 Å². The normalized spacial score (nSPS) is 15.0. The van der Waals surface area contributed by atoms with E-state index in [9.17, 15) is 28.5 Å². The first-order valence-corrected chi connectivity index (χ1v) is 9.59. The van der Waals surface area contributed by atoms with Gasteiger partial charge >= 0.3 is 0 Å². The number of hydrogen-bond acceptors (Lipinski definition) is 5. The number of amides is 1. The number of ketones is 1. The van der Waals surface area contributed by atoms with Gasteiger partial charge in [0.05, 0.1) is 11.0 Å². The summed E-state index contributed by atoms with van der Waals surface area (Å²) < 4.78 is 26.2. The minimum atomic E-state index is -0.791. The van der Waals surface area contributed by atoms with E-state index in [0.717, 1.165) is 18.2 Å². The number of halogens is 2. The highest BCUT2D eigenvalue weighted by Crippen LogP contribution is 2.22. The number of carbonyl (C=O) groups is 2. The number of nitro groups is 1. The average molecular weight is 417 g/mol. The Balaban J connectivity index is 1.46. The van der Waals surface area contributed by atoms with Crippen molar-refractivity contribution in [1.29, 1.82) is 0 Å². The van der Waals surface area contributed by atoms with Crippen LogP contribution < -0.4 is 5.32 Å². The molecule has 1 saturated heterocycles. The second-order valence-corrected chi connectivity index (χ2v) is 7.16. The van der Waals surface area contributed by atoms with Crippen molar-refractivity contribution in [3.05, 3.63) is 75.3 Å². The summed E-state index contributed by atoms with van der Waals surface area (Å²) in [4.78, 5) is 37.0. The van der Waals surface area contributed by atoms with Crippen molar-refractivity contribution in [1.82, 2.24) is 10.2 Å². The van der Waals surface area contributed by atoms with Gasteiger partial charge < -0.3 is 10.2 Å². The highest BCUT2D eigenvalue weighted by Gasteiger charge is 2.26. The molecule has 158 valence electrons. The van der Waals surface area contributed by atoms with Crippen LogP contribution in [0.2, 0.25) is 0 Å². The Hall–Kier alpha value is -3.20. The number of hydrogen-bond donors (Lipinski definition) is 1. The van der Waals surface area contributed by atoms with Gasteiger partial charge in [-0.25, -0.2) is 8.78 Å². The Kier molecular flexibility index (Phi) is 6.83. The van der Waals surface area contributed by atoms with Gasteiger partial charge in [-0.3, -0.25) is 19.7 Å². The Bertz CT molecular complexity index is 942. The van der Waals surface area contributed by atoms with E-state index >= 15 is 0 Å². The van der Waals surface area contributed by atoms with Crippen molar-refractivity contribution >= 4 is 17.4 Å². The van der Waals surface area contributed by atoms with Gasteiger partial charge in [-0.05, 0) is 62.3 Å². The van der Waals surface area contributed by atoms with Crippen LogP contribution in [0.5, 0.6) is 0 Å². The van der Waals surface area contributed by atoms with Crippen LogP contribution in [0.4, 0.5) is 14.5 Å². The van der Waals surface area contributed by atoms with Crippen LogP contribution in [0.25, 0.3) is 0 Å². The second kappa shape index (κ2) is 9.53. The molecule has 2 aromatic rings. The Morgan fingerprint density at radius 2 is 1.70 bits per heavy atom. The minimum absolute atomic E-state index is 0.00609. The SMILES string of the molecule is O=C(NCCN1CCC(C(=O)c2ccc(F)cc2)CC1)c1ccc(F)cc1[N+](=O)[O-]. The number of benzene rings is 2. The third kappa shape index (κ3) is 5.24. The van der Waals surface area contributed by atoms with E-state index < -0.39 is 22.3 Å². The largest absolute Gasteiger partial charge is 0.351 e. The van der Waals surface area contributed by atoms with Crippen molar-refractivity contribution in [3.8, 4) is 0 Å². The number of carbonyl (C=O) groups excluding carboxylic acids is 2. The fourth-order valence-corrected chi connectivity index (χ4v) is 3.54. The van der Waals surface area contributed by atoms with Gasteiger partial charge in [0.15, 0.2) is 5.78 Å². The standard InChI is InChI=1S/C21H21F2N3O4/c22-16-3-1-14(2-4-16)20(27)15-7-10-25(11-8-15)12-9-24-21(28)18-6-5-17(23)13-19(18)26(29)30/h1-6,13,15H,7-12H2,(H,24,28). The molecule has 0 atom stereocenters. The molecular formula is C21H21F2N3O4. The van der Waals surface area contributed by atoms with Gasteiger partial charge in [0.1, 0.15) is 17.2 Å². The zero-order valence-electron chi connectivity index (χ0n) is 16.1. The van der Waals surface area contributed by atoms with Gasteiger partial charge in [0.2, 0.25) is 0 Å². The molecule has 0 saturated carbocycles. The number of rotatable bonds is 7. The van der Waals surface area contributed by atoms with Crippen molar-refractivity contribution in [3.63, 3.8) is 0 Å². The summed E-state index contributed by atoms with van der Waals surface area (Å²) in [7, 11) is 0. The first-order valence-electron chi connectivity index (χ1n) is 9.59. The highest BCUT2D eigenvalue weighted by molar-refractivity contribution is 5.98. The molecule has 9 heteroatoms. The third-order valence-corrected chi connectivity index (χ3v) is 5.20. The number of Topliss-reactive ketones (excluding diaryl/α,β-unsaturated/α-hetero) is 1. The summed E-state index contributed by atoms with van der Waals surface area (Å²) >= 11 is 0. The lowest BCUT2D eigenvalue weighted by molar-refractivity contribution is -0.385. The molecule has 1 aliphatic heterocycles. The summed E-state index contributed by atoms with van der Waals surface area (Å²) in [6.45, 7) is 2.14. The Morgan fingerprint density at radius 3 is 2.33 bits per heavy atom. The molecule has 1 fully saturated rings. The first kappa shape index (κ1) is 21.5. The molecule has 0 unspecified atom stereocenters. The molecule has 0 aliphatic carbocycles. The lowest BCUT2D eigenvalue weighted by atomic mass is 9.89. The predicted molar refractivity (Wildman–Crippen MR) is 105 cm³/mol. The predicted octanol–water partition coefficient (Wildman–Crippen LogP) is 3.20. The molecule has 1 heterocycles. The van der Waals surface area contributed by atoms with E-state index in [1.165, 1.54) is 24.3 Å². The zero-order valence-corrected chi connectivity index (χ0v) is 16.1. The number of nitrogens with zero attached hydrogens (tertiary/aromatic N) is 2. The maximum absolute atomic E-state index is 13.2. The number of nitro benzene ring substituents is 1. The Morgan fingerprint density at radius 1 is 1.07 bits per heavy atom. The van der Waals surface area contributed by atoms with E-state index in [1.54, 1.807) is 0 Å². The summed E-state index contributed by atoms with van der Waals surface area (Å²) in [5, 5.41) is 13.6. The molecule has 1 N–H and O–H groups in total.